The first kappa shape index (κ1) is 19.2. The lowest BCUT2D eigenvalue weighted by Gasteiger charge is -2.12. The first-order chi connectivity index (χ1) is 14.6. The fourth-order valence-corrected chi connectivity index (χ4v) is 3.33. The number of hydrogen-bond acceptors (Lipinski definition) is 3. The second-order valence-corrected chi connectivity index (χ2v) is 6.66. The summed E-state index contributed by atoms with van der Waals surface area (Å²) in [5.74, 6) is 1.89. The van der Waals surface area contributed by atoms with Crippen LogP contribution in [0.5, 0.6) is 5.75 Å². The number of nitrogens with zero attached hydrogens (tertiary/aromatic N) is 1. The Morgan fingerprint density at radius 2 is 1.83 bits per heavy atom. The molecule has 5 nitrogen and oxygen atoms in total. The van der Waals surface area contributed by atoms with Gasteiger partial charge in [0.1, 0.15) is 23.9 Å². The minimum atomic E-state index is -0.610. The Bertz CT molecular complexity index is 1230. The van der Waals surface area contributed by atoms with Crippen LogP contribution in [0.4, 0.5) is 9.18 Å². The van der Waals surface area contributed by atoms with Crippen molar-refractivity contribution in [2.24, 2.45) is 0 Å². The summed E-state index contributed by atoms with van der Waals surface area (Å²) in [6, 6.07) is 16.7. The summed E-state index contributed by atoms with van der Waals surface area (Å²) < 4.78 is 19.6. The largest absolute Gasteiger partial charge is 0.480 e. The Morgan fingerprint density at radius 3 is 2.63 bits per heavy atom. The van der Waals surface area contributed by atoms with Crippen molar-refractivity contribution >= 4 is 28.8 Å². The summed E-state index contributed by atoms with van der Waals surface area (Å²) in [4.78, 5) is 26.2. The van der Waals surface area contributed by atoms with E-state index >= 15 is 0 Å². The van der Waals surface area contributed by atoms with E-state index in [0.29, 0.717) is 11.3 Å². The number of carbonyl (C=O) groups is 2. The molecule has 0 bridgehead atoms. The summed E-state index contributed by atoms with van der Waals surface area (Å²) in [5.41, 5.74) is 0.962. The number of hydrogen-bond donors (Lipinski definition) is 1. The number of halogens is 1. The van der Waals surface area contributed by atoms with Gasteiger partial charge in [-0.15, -0.1) is 6.42 Å². The van der Waals surface area contributed by atoms with E-state index < -0.39 is 17.8 Å². The van der Waals surface area contributed by atoms with Crippen molar-refractivity contribution in [2.75, 3.05) is 6.61 Å². The number of rotatable bonds is 5. The van der Waals surface area contributed by atoms with Gasteiger partial charge < -0.3 is 10.1 Å². The average Bonchev–Trinajstić information content (AvgIpc) is 3.02. The number of urea groups is 1. The third-order valence-electron chi connectivity index (χ3n) is 4.78. The molecule has 0 aliphatic carbocycles. The third kappa shape index (κ3) is 3.61. The lowest BCUT2D eigenvalue weighted by atomic mass is 10.0. The van der Waals surface area contributed by atoms with E-state index in [1.165, 1.54) is 12.1 Å². The molecular formula is C24H17FN2O3. The van der Waals surface area contributed by atoms with Crippen LogP contribution in [0.3, 0.4) is 0 Å². The van der Waals surface area contributed by atoms with Crippen molar-refractivity contribution in [2.45, 2.75) is 6.54 Å². The Morgan fingerprint density at radius 1 is 1.07 bits per heavy atom. The quantitative estimate of drug-likeness (QED) is 0.399. The summed E-state index contributed by atoms with van der Waals surface area (Å²) >= 11 is 0. The van der Waals surface area contributed by atoms with Gasteiger partial charge in [0, 0.05) is 11.1 Å². The number of fused-ring (bicyclic) bond motifs is 1. The zero-order chi connectivity index (χ0) is 21.1. The molecule has 4 rings (SSSR count). The molecule has 3 aromatic rings. The molecule has 1 heterocycles. The smallest absolute Gasteiger partial charge is 0.329 e. The molecule has 1 aliphatic heterocycles. The fourth-order valence-electron chi connectivity index (χ4n) is 3.33. The first-order valence-corrected chi connectivity index (χ1v) is 9.24. The van der Waals surface area contributed by atoms with Crippen LogP contribution in [0.25, 0.3) is 16.8 Å². The van der Waals surface area contributed by atoms with Crippen molar-refractivity contribution in [1.29, 1.82) is 0 Å². The number of nitrogens with one attached hydrogen (secondary N) is 1. The molecule has 0 aromatic heterocycles. The van der Waals surface area contributed by atoms with Crippen LogP contribution in [-0.2, 0) is 11.3 Å². The number of amides is 3. The molecule has 148 valence electrons. The highest BCUT2D eigenvalue weighted by Gasteiger charge is 2.34. The number of carbonyl (C=O) groups excluding carboxylic acids is 2. The Balaban J connectivity index is 1.72. The molecular weight excluding hydrogens is 383 g/mol. The number of ether oxygens (including phenoxy) is 1. The molecule has 0 saturated carbocycles. The molecule has 1 N–H and O–H groups in total. The maximum atomic E-state index is 14.0. The van der Waals surface area contributed by atoms with E-state index in [4.69, 9.17) is 11.2 Å². The molecule has 1 aliphatic rings. The second-order valence-electron chi connectivity index (χ2n) is 6.66. The van der Waals surface area contributed by atoms with Crippen molar-refractivity contribution in [3.63, 3.8) is 0 Å². The lowest BCUT2D eigenvalue weighted by Crippen LogP contribution is -2.30. The van der Waals surface area contributed by atoms with Gasteiger partial charge in [-0.25, -0.2) is 9.18 Å². The molecule has 0 radical (unpaired) electrons. The maximum Gasteiger partial charge on any atom is 0.329 e. The van der Waals surface area contributed by atoms with Crippen molar-refractivity contribution in [3.05, 3.63) is 83.3 Å². The summed E-state index contributed by atoms with van der Waals surface area (Å²) in [6.07, 6.45) is 6.87. The summed E-state index contributed by atoms with van der Waals surface area (Å²) in [6.45, 7) is -0.0983. The molecule has 1 saturated heterocycles. The van der Waals surface area contributed by atoms with Crippen LogP contribution in [0, 0.1) is 18.2 Å². The normalized spacial score (nSPS) is 14.8. The van der Waals surface area contributed by atoms with Crippen LogP contribution >= 0.6 is 0 Å². The van der Waals surface area contributed by atoms with Gasteiger partial charge >= 0.3 is 6.03 Å². The van der Waals surface area contributed by atoms with Crippen LogP contribution in [0.15, 0.2) is 66.4 Å². The highest BCUT2D eigenvalue weighted by Crippen LogP contribution is 2.31. The highest BCUT2D eigenvalue weighted by molar-refractivity contribution is 6.14. The van der Waals surface area contributed by atoms with Crippen LogP contribution < -0.4 is 10.1 Å². The Labute approximate surface area is 172 Å². The minimum absolute atomic E-state index is 0.0637. The van der Waals surface area contributed by atoms with Crippen LogP contribution in [-0.4, -0.2) is 23.4 Å². The molecule has 6 heteroatoms. The molecule has 0 unspecified atom stereocenters. The van der Waals surface area contributed by atoms with Gasteiger partial charge in [0.05, 0.1) is 6.54 Å². The highest BCUT2D eigenvalue weighted by atomic mass is 19.1. The molecule has 30 heavy (non-hydrogen) atoms. The maximum absolute atomic E-state index is 14.0. The fraction of sp³-hybridized carbons (Fsp3) is 0.0833. The van der Waals surface area contributed by atoms with Gasteiger partial charge in [-0.3, -0.25) is 9.69 Å². The number of benzene rings is 3. The average molecular weight is 400 g/mol. The van der Waals surface area contributed by atoms with Crippen molar-refractivity contribution < 1.29 is 18.7 Å². The first-order valence-electron chi connectivity index (χ1n) is 9.24. The van der Waals surface area contributed by atoms with E-state index in [1.54, 1.807) is 24.3 Å². The zero-order valence-corrected chi connectivity index (χ0v) is 15.9. The Hall–Kier alpha value is -4.11. The Kier molecular flexibility index (Phi) is 5.19. The lowest BCUT2D eigenvalue weighted by molar-refractivity contribution is -0.123. The SMILES string of the molecule is C#CCOc1ccc2ccccc2c1C=C1NC(=O)N(Cc2ccccc2F)C1=O. The van der Waals surface area contributed by atoms with Gasteiger partial charge in [0.25, 0.3) is 5.91 Å². The van der Waals surface area contributed by atoms with Crippen LogP contribution in [0.2, 0.25) is 0 Å². The zero-order valence-electron chi connectivity index (χ0n) is 15.9. The summed E-state index contributed by atoms with van der Waals surface area (Å²) in [7, 11) is 0. The van der Waals surface area contributed by atoms with Gasteiger partial charge in [-0.2, -0.15) is 0 Å². The van der Waals surface area contributed by atoms with Gasteiger partial charge in [-0.05, 0) is 29.0 Å². The predicted molar refractivity (Wildman–Crippen MR) is 112 cm³/mol. The third-order valence-corrected chi connectivity index (χ3v) is 4.78. The topological polar surface area (TPSA) is 58.6 Å². The van der Waals surface area contributed by atoms with Gasteiger partial charge in [0.2, 0.25) is 0 Å². The molecule has 0 spiro atoms. The molecule has 3 amide bonds. The van der Waals surface area contributed by atoms with Crippen molar-refractivity contribution in [3.8, 4) is 18.1 Å². The molecule has 1 fully saturated rings. The summed E-state index contributed by atoms with van der Waals surface area (Å²) in [5, 5.41) is 4.35. The number of terminal acetylenes is 1. The van der Waals surface area contributed by atoms with E-state index in [1.807, 2.05) is 30.3 Å². The minimum Gasteiger partial charge on any atom is -0.480 e. The van der Waals surface area contributed by atoms with E-state index in [-0.39, 0.29) is 24.4 Å². The van der Waals surface area contributed by atoms with Gasteiger partial charge in [0.15, 0.2) is 0 Å². The van der Waals surface area contributed by atoms with E-state index in [0.717, 1.165) is 15.7 Å². The molecule has 3 aromatic carbocycles. The second kappa shape index (κ2) is 8.10. The van der Waals surface area contributed by atoms with Gasteiger partial charge in [-0.1, -0.05) is 54.5 Å². The van der Waals surface area contributed by atoms with E-state index in [9.17, 15) is 14.0 Å². The predicted octanol–water partition coefficient (Wildman–Crippen LogP) is 4.08. The molecule has 0 atom stereocenters. The van der Waals surface area contributed by atoms with E-state index in [2.05, 4.69) is 11.2 Å². The van der Waals surface area contributed by atoms with Crippen LogP contribution in [0.1, 0.15) is 11.1 Å². The standard InChI is InChI=1S/C24H17FN2O3/c1-2-13-30-22-12-11-16-7-3-5-9-18(16)19(22)14-21-23(28)27(24(29)26-21)15-17-8-4-6-10-20(17)25/h1,3-12,14H,13,15H2,(H,26,29). The number of imide groups is 1. The monoisotopic (exact) mass is 400 g/mol. The van der Waals surface area contributed by atoms with Crippen molar-refractivity contribution in [1.82, 2.24) is 10.2 Å².